The topological polar surface area (TPSA) is 59.3 Å². The molecule has 0 amide bonds. The van der Waals surface area contributed by atoms with E-state index in [1.807, 2.05) is 18.2 Å². The normalized spacial score (nSPS) is 10.3. The van der Waals surface area contributed by atoms with Gasteiger partial charge in [0.25, 0.3) is 0 Å². The molecule has 1 aromatic heterocycles. The fourth-order valence-electron chi connectivity index (χ4n) is 1.53. The van der Waals surface area contributed by atoms with Gasteiger partial charge in [0.1, 0.15) is 0 Å². The van der Waals surface area contributed by atoms with Crippen LogP contribution >= 0.6 is 27.3 Å². The van der Waals surface area contributed by atoms with Crippen LogP contribution in [0.1, 0.15) is 10.4 Å². The summed E-state index contributed by atoms with van der Waals surface area (Å²) >= 11 is 4.86. The number of hydrogen-bond acceptors (Lipinski definition) is 5. The van der Waals surface area contributed by atoms with E-state index in [0.717, 1.165) is 8.66 Å². The maximum absolute atomic E-state index is 11.8. The minimum atomic E-state index is -0.512. The first-order valence-corrected chi connectivity index (χ1v) is 7.46. The standard InChI is InChI=1S/C15H10BrNO3S/c1-19-13-8-10(9-17)2-5-12(13)20-15(18)7-4-11-3-6-14(16)21-11/h2-8H,1H3/b7-4+. The van der Waals surface area contributed by atoms with Gasteiger partial charge in [0.15, 0.2) is 11.5 Å². The summed E-state index contributed by atoms with van der Waals surface area (Å²) in [7, 11) is 1.45. The van der Waals surface area contributed by atoms with Crippen molar-refractivity contribution < 1.29 is 14.3 Å². The number of esters is 1. The molecule has 0 bridgehead atoms. The number of benzene rings is 1. The molecule has 0 radical (unpaired) electrons. The molecule has 0 N–H and O–H groups in total. The van der Waals surface area contributed by atoms with Crippen LogP contribution in [0, 0.1) is 11.3 Å². The highest BCUT2D eigenvalue weighted by molar-refractivity contribution is 9.11. The third kappa shape index (κ3) is 4.18. The molecule has 0 unspecified atom stereocenters. The van der Waals surface area contributed by atoms with Crippen LogP contribution in [0.2, 0.25) is 0 Å². The van der Waals surface area contributed by atoms with Gasteiger partial charge in [0, 0.05) is 17.0 Å². The van der Waals surface area contributed by atoms with E-state index in [1.54, 1.807) is 12.1 Å². The van der Waals surface area contributed by atoms with Gasteiger partial charge in [0.2, 0.25) is 0 Å². The monoisotopic (exact) mass is 363 g/mol. The summed E-state index contributed by atoms with van der Waals surface area (Å²) in [5.74, 6) is 0.107. The molecule has 4 nitrogen and oxygen atoms in total. The minimum Gasteiger partial charge on any atom is -0.493 e. The molecule has 106 valence electrons. The first-order chi connectivity index (χ1) is 10.1. The number of thiophene rings is 1. The number of rotatable bonds is 4. The molecule has 0 saturated carbocycles. The molecule has 0 spiro atoms. The Hall–Kier alpha value is -2.10. The second-order valence-electron chi connectivity index (χ2n) is 3.87. The molecule has 1 heterocycles. The predicted molar refractivity (Wildman–Crippen MR) is 84.4 cm³/mol. The van der Waals surface area contributed by atoms with Crippen LogP contribution in [0.25, 0.3) is 6.08 Å². The van der Waals surface area contributed by atoms with Crippen molar-refractivity contribution in [3.05, 3.63) is 50.6 Å². The van der Waals surface area contributed by atoms with E-state index < -0.39 is 5.97 Å². The number of carbonyl (C=O) groups is 1. The van der Waals surface area contributed by atoms with E-state index >= 15 is 0 Å². The van der Waals surface area contributed by atoms with Crippen molar-refractivity contribution in [1.82, 2.24) is 0 Å². The van der Waals surface area contributed by atoms with E-state index in [4.69, 9.17) is 14.7 Å². The Morgan fingerprint density at radius 1 is 1.33 bits per heavy atom. The summed E-state index contributed by atoms with van der Waals surface area (Å²) in [4.78, 5) is 12.7. The Morgan fingerprint density at radius 2 is 2.14 bits per heavy atom. The van der Waals surface area contributed by atoms with E-state index in [0.29, 0.717) is 11.3 Å². The largest absolute Gasteiger partial charge is 0.493 e. The maximum atomic E-state index is 11.8. The van der Waals surface area contributed by atoms with Gasteiger partial charge >= 0.3 is 5.97 Å². The molecule has 0 fully saturated rings. The van der Waals surface area contributed by atoms with Crippen LogP contribution in [0.4, 0.5) is 0 Å². The van der Waals surface area contributed by atoms with Crippen molar-refractivity contribution in [3.8, 4) is 17.6 Å². The highest BCUT2D eigenvalue weighted by atomic mass is 79.9. The van der Waals surface area contributed by atoms with Crippen molar-refractivity contribution in [2.45, 2.75) is 0 Å². The predicted octanol–water partition coefficient (Wildman–Crippen LogP) is 4.01. The van der Waals surface area contributed by atoms with Crippen LogP contribution in [0.3, 0.4) is 0 Å². The molecule has 21 heavy (non-hydrogen) atoms. The number of nitriles is 1. The van der Waals surface area contributed by atoms with Crippen molar-refractivity contribution in [1.29, 1.82) is 5.26 Å². The highest BCUT2D eigenvalue weighted by Crippen LogP contribution is 2.28. The molecular weight excluding hydrogens is 354 g/mol. The molecule has 2 rings (SSSR count). The van der Waals surface area contributed by atoms with Crippen LogP contribution in [-0.4, -0.2) is 13.1 Å². The molecule has 0 aliphatic rings. The van der Waals surface area contributed by atoms with Gasteiger partial charge < -0.3 is 9.47 Å². The van der Waals surface area contributed by atoms with Crippen LogP contribution in [0.5, 0.6) is 11.5 Å². The van der Waals surface area contributed by atoms with Crippen LogP contribution in [-0.2, 0) is 4.79 Å². The Kier molecular flexibility index (Phi) is 5.14. The molecule has 6 heteroatoms. The Morgan fingerprint density at radius 3 is 2.76 bits per heavy atom. The first kappa shape index (κ1) is 15.3. The Bertz CT molecular complexity index is 731. The van der Waals surface area contributed by atoms with E-state index in [9.17, 15) is 4.79 Å². The minimum absolute atomic E-state index is 0.276. The van der Waals surface area contributed by atoms with Gasteiger partial charge in [-0.1, -0.05) is 0 Å². The van der Waals surface area contributed by atoms with E-state index in [1.165, 1.54) is 36.7 Å². The number of methoxy groups -OCH3 is 1. The maximum Gasteiger partial charge on any atom is 0.336 e. The number of carbonyl (C=O) groups excluding carboxylic acids is 1. The number of nitrogens with zero attached hydrogens (tertiary/aromatic N) is 1. The smallest absolute Gasteiger partial charge is 0.336 e. The van der Waals surface area contributed by atoms with Gasteiger partial charge in [-0.2, -0.15) is 5.26 Å². The summed E-state index contributed by atoms with van der Waals surface area (Å²) in [6.07, 6.45) is 3.02. The van der Waals surface area contributed by atoms with E-state index in [-0.39, 0.29) is 5.75 Å². The fraction of sp³-hybridized carbons (Fsp3) is 0.0667. The number of hydrogen-bond donors (Lipinski definition) is 0. The lowest BCUT2D eigenvalue weighted by atomic mass is 10.2. The zero-order chi connectivity index (χ0) is 15.2. The van der Waals surface area contributed by atoms with Crippen molar-refractivity contribution in [2.24, 2.45) is 0 Å². The second kappa shape index (κ2) is 7.07. The average Bonchev–Trinajstić information content (AvgIpc) is 2.91. The number of ether oxygens (including phenoxy) is 2. The van der Waals surface area contributed by atoms with E-state index in [2.05, 4.69) is 15.9 Å². The summed E-state index contributed by atoms with van der Waals surface area (Å²) in [6, 6.07) is 10.4. The summed E-state index contributed by atoms with van der Waals surface area (Å²) in [5.41, 5.74) is 0.436. The van der Waals surface area contributed by atoms with Crippen molar-refractivity contribution in [3.63, 3.8) is 0 Å². The lowest BCUT2D eigenvalue weighted by Crippen LogP contribution is -2.05. The second-order valence-corrected chi connectivity index (χ2v) is 6.37. The van der Waals surface area contributed by atoms with Gasteiger partial charge in [0.05, 0.1) is 22.5 Å². The molecule has 0 aliphatic carbocycles. The lowest BCUT2D eigenvalue weighted by Gasteiger charge is -2.07. The Labute approximate surface area is 134 Å². The SMILES string of the molecule is COc1cc(C#N)ccc1OC(=O)/C=C/c1ccc(Br)s1. The summed E-state index contributed by atoms with van der Waals surface area (Å²) < 4.78 is 11.3. The van der Waals surface area contributed by atoms with Gasteiger partial charge in [-0.3, -0.25) is 0 Å². The molecular formula is C15H10BrNO3S. The van der Waals surface area contributed by atoms with Gasteiger partial charge in [-0.15, -0.1) is 11.3 Å². The van der Waals surface area contributed by atoms with Crippen LogP contribution in [0.15, 0.2) is 40.2 Å². The zero-order valence-corrected chi connectivity index (χ0v) is 13.4. The molecule has 0 atom stereocenters. The van der Waals surface area contributed by atoms with Crippen molar-refractivity contribution in [2.75, 3.05) is 7.11 Å². The van der Waals surface area contributed by atoms with Gasteiger partial charge in [-0.05, 0) is 46.3 Å². The highest BCUT2D eigenvalue weighted by Gasteiger charge is 2.09. The Balaban J connectivity index is 2.09. The molecule has 2 aromatic rings. The van der Waals surface area contributed by atoms with Gasteiger partial charge in [-0.25, -0.2) is 4.79 Å². The summed E-state index contributed by atoms with van der Waals surface area (Å²) in [6.45, 7) is 0. The zero-order valence-electron chi connectivity index (χ0n) is 11.0. The quantitative estimate of drug-likeness (QED) is 0.467. The average molecular weight is 364 g/mol. The third-order valence-electron chi connectivity index (χ3n) is 2.48. The molecule has 0 aliphatic heterocycles. The summed E-state index contributed by atoms with van der Waals surface area (Å²) in [5, 5.41) is 8.82. The molecule has 0 saturated heterocycles. The first-order valence-electron chi connectivity index (χ1n) is 5.85. The van der Waals surface area contributed by atoms with Crippen LogP contribution < -0.4 is 9.47 Å². The number of halogens is 1. The molecule has 1 aromatic carbocycles. The third-order valence-corrected chi connectivity index (χ3v) is 4.07. The lowest BCUT2D eigenvalue weighted by molar-refractivity contribution is -0.129. The fourth-order valence-corrected chi connectivity index (χ4v) is 2.86. The van der Waals surface area contributed by atoms with Crippen molar-refractivity contribution >= 4 is 39.3 Å².